The first-order valence-corrected chi connectivity index (χ1v) is 7.82. The number of morpholine rings is 1. The van der Waals surface area contributed by atoms with Crippen molar-refractivity contribution in [1.82, 2.24) is 18.6 Å². The monoisotopic (exact) mass is 300 g/mol. The lowest BCUT2D eigenvalue weighted by Gasteiger charge is -2.33. The van der Waals surface area contributed by atoms with E-state index in [1.54, 1.807) is 0 Å². The standard InChI is InChI=1S/C12H20N4O3S/c1-9-7-11(14-10(2)13-9)12-8-16(5-6-19-12)20(17,18)15(3)4/h7,12H,5-6,8H2,1-4H3/t12-/m0/s1. The summed E-state index contributed by atoms with van der Waals surface area (Å²) in [5.74, 6) is 0.663. The SMILES string of the molecule is Cc1cc([C@@H]2CN(S(=O)(=O)N(C)C)CCO2)nc(C)n1. The van der Waals surface area contributed by atoms with E-state index in [2.05, 4.69) is 9.97 Å². The maximum absolute atomic E-state index is 12.2. The Morgan fingerprint density at radius 2 is 2.05 bits per heavy atom. The molecule has 1 atom stereocenters. The van der Waals surface area contributed by atoms with Crippen LogP contribution in [0.3, 0.4) is 0 Å². The molecule has 1 aliphatic heterocycles. The summed E-state index contributed by atoms with van der Waals surface area (Å²) in [6.45, 7) is 4.69. The molecule has 7 nitrogen and oxygen atoms in total. The predicted octanol–water partition coefficient (Wildman–Crippen LogP) is 0.273. The van der Waals surface area contributed by atoms with Crippen LogP contribution in [-0.2, 0) is 14.9 Å². The zero-order chi connectivity index (χ0) is 14.9. The third-order valence-electron chi connectivity index (χ3n) is 3.13. The Hall–Kier alpha value is -1.09. The molecule has 1 aromatic heterocycles. The molecule has 0 radical (unpaired) electrons. The van der Waals surface area contributed by atoms with Crippen LogP contribution >= 0.6 is 0 Å². The molecule has 112 valence electrons. The Morgan fingerprint density at radius 3 is 2.65 bits per heavy atom. The number of rotatable bonds is 3. The molecule has 1 aromatic rings. The second-order valence-electron chi connectivity index (χ2n) is 4.99. The molecule has 0 saturated carbocycles. The maximum Gasteiger partial charge on any atom is 0.281 e. The zero-order valence-electron chi connectivity index (χ0n) is 12.2. The van der Waals surface area contributed by atoms with Crippen molar-refractivity contribution in [1.29, 1.82) is 0 Å². The Kier molecular flexibility index (Phi) is 4.38. The van der Waals surface area contributed by atoms with E-state index < -0.39 is 10.2 Å². The summed E-state index contributed by atoms with van der Waals surface area (Å²) in [4.78, 5) is 8.57. The second kappa shape index (κ2) is 5.72. The van der Waals surface area contributed by atoms with Crippen LogP contribution in [0.5, 0.6) is 0 Å². The minimum absolute atomic E-state index is 0.274. The van der Waals surface area contributed by atoms with E-state index in [1.165, 1.54) is 22.7 Å². The first-order valence-electron chi connectivity index (χ1n) is 6.42. The van der Waals surface area contributed by atoms with E-state index in [-0.39, 0.29) is 12.6 Å². The molecule has 1 saturated heterocycles. The molecule has 1 aliphatic rings. The molecule has 0 aliphatic carbocycles. The van der Waals surface area contributed by atoms with E-state index in [0.29, 0.717) is 19.0 Å². The van der Waals surface area contributed by atoms with Crippen LogP contribution < -0.4 is 0 Å². The van der Waals surface area contributed by atoms with Gasteiger partial charge in [-0.05, 0) is 19.9 Å². The summed E-state index contributed by atoms with van der Waals surface area (Å²) in [6, 6.07) is 1.84. The Balaban J connectivity index is 2.23. The van der Waals surface area contributed by atoms with Crippen LogP contribution in [0.4, 0.5) is 0 Å². The molecule has 20 heavy (non-hydrogen) atoms. The number of ether oxygens (including phenoxy) is 1. The first kappa shape index (κ1) is 15.3. The molecule has 2 rings (SSSR count). The van der Waals surface area contributed by atoms with Crippen molar-refractivity contribution in [3.63, 3.8) is 0 Å². The highest BCUT2D eigenvalue weighted by atomic mass is 32.2. The van der Waals surface area contributed by atoms with Gasteiger partial charge in [-0.2, -0.15) is 17.0 Å². The molecule has 0 amide bonds. The van der Waals surface area contributed by atoms with Gasteiger partial charge in [0.15, 0.2) is 0 Å². The zero-order valence-corrected chi connectivity index (χ0v) is 13.0. The van der Waals surface area contributed by atoms with Crippen molar-refractivity contribution < 1.29 is 13.2 Å². The van der Waals surface area contributed by atoms with Gasteiger partial charge in [-0.15, -0.1) is 0 Å². The third kappa shape index (κ3) is 3.14. The highest BCUT2D eigenvalue weighted by Crippen LogP contribution is 2.23. The van der Waals surface area contributed by atoms with E-state index >= 15 is 0 Å². The Morgan fingerprint density at radius 1 is 1.35 bits per heavy atom. The number of aryl methyl sites for hydroxylation is 2. The molecule has 0 aromatic carbocycles. The van der Waals surface area contributed by atoms with E-state index in [1.807, 2.05) is 19.9 Å². The highest BCUT2D eigenvalue weighted by molar-refractivity contribution is 7.86. The molecule has 0 unspecified atom stereocenters. The van der Waals surface area contributed by atoms with E-state index in [9.17, 15) is 8.42 Å². The van der Waals surface area contributed by atoms with Gasteiger partial charge < -0.3 is 4.74 Å². The number of hydrogen-bond donors (Lipinski definition) is 0. The van der Waals surface area contributed by atoms with Crippen molar-refractivity contribution in [3.8, 4) is 0 Å². The normalized spacial score (nSPS) is 21.4. The van der Waals surface area contributed by atoms with E-state index in [0.717, 1.165) is 11.4 Å². The Bertz CT molecular complexity index is 568. The molecule has 1 fully saturated rings. The molecule has 2 heterocycles. The Labute approximate surface area is 119 Å². The largest absolute Gasteiger partial charge is 0.369 e. The topological polar surface area (TPSA) is 75.6 Å². The van der Waals surface area contributed by atoms with Gasteiger partial charge in [0, 0.05) is 32.9 Å². The summed E-state index contributed by atoms with van der Waals surface area (Å²) in [7, 11) is -0.365. The summed E-state index contributed by atoms with van der Waals surface area (Å²) in [5, 5.41) is 0. The van der Waals surface area contributed by atoms with Crippen molar-refractivity contribution in [2.24, 2.45) is 0 Å². The minimum atomic E-state index is -3.42. The van der Waals surface area contributed by atoms with Crippen molar-refractivity contribution in [2.75, 3.05) is 33.8 Å². The van der Waals surface area contributed by atoms with Crippen LogP contribution in [0.1, 0.15) is 23.3 Å². The summed E-state index contributed by atoms with van der Waals surface area (Å²) < 4.78 is 32.6. The fourth-order valence-electron chi connectivity index (χ4n) is 2.16. The fourth-order valence-corrected chi connectivity index (χ4v) is 3.25. The second-order valence-corrected chi connectivity index (χ2v) is 7.13. The first-order chi connectivity index (χ1) is 9.30. The highest BCUT2D eigenvalue weighted by Gasteiger charge is 2.32. The lowest BCUT2D eigenvalue weighted by atomic mass is 10.2. The maximum atomic E-state index is 12.2. The fraction of sp³-hybridized carbons (Fsp3) is 0.667. The van der Waals surface area contributed by atoms with Gasteiger partial charge in [-0.1, -0.05) is 0 Å². The summed E-state index contributed by atoms with van der Waals surface area (Å²) in [5.41, 5.74) is 1.58. The van der Waals surface area contributed by atoms with Crippen LogP contribution in [0, 0.1) is 13.8 Å². The van der Waals surface area contributed by atoms with Crippen molar-refractivity contribution >= 4 is 10.2 Å². The molecule has 0 N–H and O–H groups in total. The molecule has 0 spiro atoms. The van der Waals surface area contributed by atoms with Gasteiger partial charge >= 0.3 is 0 Å². The average molecular weight is 300 g/mol. The molecule has 8 heteroatoms. The smallest absolute Gasteiger partial charge is 0.281 e. The van der Waals surface area contributed by atoms with Gasteiger partial charge in [0.2, 0.25) is 0 Å². The molecular weight excluding hydrogens is 280 g/mol. The van der Waals surface area contributed by atoms with Gasteiger partial charge in [-0.3, -0.25) is 0 Å². The number of aromatic nitrogens is 2. The lowest BCUT2D eigenvalue weighted by molar-refractivity contribution is -0.00642. The lowest BCUT2D eigenvalue weighted by Crippen LogP contribution is -2.47. The minimum Gasteiger partial charge on any atom is -0.369 e. The summed E-state index contributed by atoms with van der Waals surface area (Å²) in [6.07, 6.45) is -0.348. The van der Waals surface area contributed by atoms with Crippen LogP contribution in [-0.4, -0.2) is 60.8 Å². The quantitative estimate of drug-likeness (QED) is 0.801. The van der Waals surface area contributed by atoms with Gasteiger partial charge in [0.25, 0.3) is 10.2 Å². The van der Waals surface area contributed by atoms with Gasteiger partial charge in [0.05, 0.1) is 12.3 Å². The van der Waals surface area contributed by atoms with E-state index in [4.69, 9.17) is 4.74 Å². The van der Waals surface area contributed by atoms with Crippen LogP contribution in [0.2, 0.25) is 0 Å². The molecule has 0 bridgehead atoms. The molecular formula is C12H20N4O3S. The summed E-state index contributed by atoms with van der Waals surface area (Å²) >= 11 is 0. The van der Waals surface area contributed by atoms with Crippen molar-refractivity contribution in [3.05, 3.63) is 23.3 Å². The van der Waals surface area contributed by atoms with Crippen LogP contribution in [0.25, 0.3) is 0 Å². The predicted molar refractivity (Wildman–Crippen MR) is 74.4 cm³/mol. The van der Waals surface area contributed by atoms with Gasteiger partial charge in [0.1, 0.15) is 11.9 Å². The third-order valence-corrected chi connectivity index (χ3v) is 5.04. The van der Waals surface area contributed by atoms with Crippen LogP contribution in [0.15, 0.2) is 6.07 Å². The van der Waals surface area contributed by atoms with Gasteiger partial charge in [-0.25, -0.2) is 9.97 Å². The number of hydrogen-bond acceptors (Lipinski definition) is 5. The number of nitrogens with zero attached hydrogens (tertiary/aromatic N) is 4. The average Bonchev–Trinajstić information content (AvgIpc) is 2.37. The van der Waals surface area contributed by atoms with Crippen molar-refractivity contribution in [2.45, 2.75) is 20.0 Å².